The van der Waals surface area contributed by atoms with E-state index in [-0.39, 0.29) is 0 Å². The summed E-state index contributed by atoms with van der Waals surface area (Å²) in [6.07, 6.45) is 8.63. The number of fused-ring (bicyclic) bond motifs is 1. The van der Waals surface area contributed by atoms with Crippen molar-refractivity contribution in [2.24, 2.45) is 9.98 Å². The molecule has 0 unspecified atom stereocenters. The Balaban J connectivity index is 2.43. The first-order valence-electron chi connectivity index (χ1n) is 4.93. The maximum atomic E-state index is 9.67. The maximum absolute atomic E-state index is 9.67. The molecule has 0 saturated heterocycles. The van der Waals surface area contributed by atoms with E-state index in [9.17, 15) is 5.21 Å². The molecule has 0 aromatic heterocycles. The van der Waals surface area contributed by atoms with Crippen molar-refractivity contribution in [3.05, 3.63) is 40.9 Å². The zero-order valence-corrected chi connectivity index (χ0v) is 8.41. The van der Waals surface area contributed by atoms with Crippen LogP contribution in [0, 0.1) is 0 Å². The monoisotopic (exact) mass is 211 g/mol. The first-order chi connectivity index (χ1) is 7.86. The highest BCUT2D eigenvalue weighted by Crippen LogP contribution is 2.08. The first-order valence-corrected chi connectivity index (χ1v) is 4.93. The average Bonchev–Trinajstić information content (AvgIpc) is 2.82. The minimum Gasteiger partial charge on any atom is -0.284 e. The smallest absolute Gasteiger partial charge is 0.159 e. The van der Waals surface area contributed by atoms with Crippen molar-refractivity contribution in [3.8, 4) is 0 Å². The van der Waals surface area contributed by atoms with Gasteiger partial charge in [0, 0.05) is 29.1 Å². The predicted octanol–water partition coefficient (Wildman–Crippen LogP) is 0.411. The standard InChI is InChI=1S/C12H9N3O/c16-15-8-2-4-9-10(3-1-5-11(9)15)12-13-6-7-14-12/h1-8,16H. The number of rotatable bonds is 0. The molecule has 2 aliphatic heterocycles. The fourth-order valence-electron chi connectivity index (χ4n) is 1.80. The van der Waals surface area contributed by atoms with Crippen molar-refractivity contribution in [2.75, 3.05) is 5.06 Å². The van der Waals surface area contributed by atoms with Gasteiger partial charge in [-0.05, 0) is 12.1 Å². The molecule has 0 fully saturated rings. The summed E-state index contributed by atoms with van der Waals surface area (Å²) in [6, 6.07) is 5.67. The molecule has 4 nitrogen and oxygen atoms in total. The zero-order chi connectivity index (χ0) is 11.0. The predicted molar refractivity (Wildman–Crippen MR) is 64.0 cm³/mol. The third-order valence-electron chi connectivity index (χ3n) is 2.52. The normalized spacial score (nSPS) is 16.6. The number of hydrogen-bond donors (Lipinski definition) is 1. The molecular weight excluding hydrogens is 202 g/mol. The fourth-order valence-corrected chi connectivity index (χ4v) is 1.80. The molecule has 4 heteroatoms. The van der Waals surface area contributed by atoms with Gasteiger partial charge in [0.25, 0.3) is 0 Å². The highest BCUT2D eigenvalue weighted by Gasteiger charge is 2.07. The van der Waals surface area contributed by atoms with E-state index in [0.29, 0.717) is 5.82 Å². The Kier molecular flexibility index (Phi) is 1.94. The van der Waals surface area contributed by atoms with Crippen LogP contribution >= 0.6 is 0 Å². The Morgan fingerprint density at radius 3 is 2.75 bits per heavy atom. The molecule has 2 heterocycles. The van der Waals surface area contributed by atoms with Gasteiger partial charge in [-0.2, -0.15) is 0 Å². The third kappa shape index (κ3) is 1.28. The van der Waals surface area contributed by atoms with Gasteiger partial charge in [0.1, 0.15) is 0 Å². The molecule has 0 amide bonds. The van der Waals surface area contributed by atoms with Crippen LogP contribution in [-0.4, -0.2) is 17.6 Å². The number of anilines is 1. The zero-order valence-electron chi connectivity index (χ0n) is 8.41. The van der Waals surface area contributed by atoms with Crippen LogP contribution in [0.3, 0.4) is 0 Å². The van der Waals surface area contributed by atoms with Gasteiger partial charge in [0.15, 0.2) is 5.82 Å². The van der Waals surface area contributed by atoms with Crippen LogP contribution in [0.5, 0.6) is 0 Å². The summed E-state index contributed by atoms with van der Waals surface area (Å²) in [5.74, 6) is 0.678. The van der Waals surface area contributed by atoms with Crippen LogP contribution in [0.25, 0.3) is 11.9 Å². The van der Waals surface area contributed by atoms with Crippen molar-refractivity contribution >= 4 is 30.0 Å². The number of benzene rings is 1. The van der Waals surface area contributed by atoms with E-state index in [4.69, 9.17) is 0 Å². The molecule has 78 valence electrons. The molecule has 0 saturated carbocycles. The summed E-state index contributed by atoms with van der Waals surface area (Å²) in [5, 5.41) is 12.6. The van der Waals surface area contributed by atoms with Crippen molar-refractivity contribution in [2.45, 2.75) is 0 Å². The Labute approximate surface area is 91.8 Å². The number of hydrogen-bond acceptors (Lipinski definition) is 4. The average molecular weight is 211 g/mol. The number of hydroxylamine groups is 1. The van der Waals surface area contributed by atoms with Crippen LogP contribution in [0.1, 0.15) is 0 Å². The molecule has 1 aromatic carbocycles. The van der Waals surface area contributed by atoms with E-state index in [1.807, 2.05) is 24.3 Å². The summed E-state index contributed by atoms with van der Waals surface area (Å²) >= 11 is 0. The van der Waals surface area contributed by atoms with Crippen LogP contribution in [-0.2, 0) is 0 Å². The molecule has 0 bridgehead atoms. The summed E-state index contributed by atoms with van der Waals surface area (Å²) in [5.41, 5.74) is 0.741. The van der Waals surface area contributed by atoms with E-state index in [1.54, 1.807) is 24.7 Å². The SMILES string of the molecule is ON1C=CC=c2c1cccc2=C1N=CC=N1. The molecule has 0 aliphatic carbocycles. The van der Waals surface area contributed by atoms with Crippen molar-refractivity contribution in [1.29, 1.82) is 0 Å². The van der Waals surface area contributed by atoms with E-state index < -0.39 is 0 Å². The molecule has 1 aromatic rings. The summed E-state index contributed by atoms with van der Waals surface area (Å²) < 4.78 is 0. The Hall–Kier alpha value is -2.20. The van der Waals surface area contributed by atoms with Gasteiger partial charge in [-0.15, -0.1) is 0 Å². The summed E-state index contributed by atoms with van der Waals surface area (Å²) in [7, 11) is 0. The molecule has 0 atom stereocenters. The van der Waals surface area contributed by atoms with Gasteiger partial charge in [-0.3, -0.25) is 5.21 Å². The van der Waals surface area contributed by atoms with Gasteiger partial charge in [0.05, 0.1) is 5.69 Å². The number of aliphatic imine (C=N–C) groups is 2. The molecule has 3 rings (SSSR count). The molecule has 0 spiro atoms. The van der Waals surface area contributed by atoms with Crippen molar-refractivity contribution in [1.82, 2.24) is 0 Å². The van der Waals surface area contributed by atoms with Gasteiger partial charge < -0.3 is 0 Å². The highest BCUT2D eigenvalue weighted by atomic mass is 16.5. The fraction of sp³-hybridized carbons (Fsp3) is 0. The van der Waals surface area contributed by atoms with Crippen molar-refractivity contribution in [3.63, 3.8) is 0 Å². The lowest BCUT2D eigenvalue weighted by atomic mass is 10.1. The Bertz CT molecular complexity index is 627. The lowest BCUT2D eigenvalue weighted by Gasteiger charge is -2.15. The second-order valence-corrected chi connectivity index (χ2v) is 3.47. The third-order valence-corrected chi connectivity index (χ3v) is 2.52. The minimum absolute atomic E-state index is 0.678. The van der Waals surface area contributed by atoms with Crippen LogP contribution < -0.4 is 15.5 Å². The van der Waals surface area contributed by atoms with Gasteiger partial charge in [-0.25, -0.2) is 15.0 Å². The molecule has 0 radical (unpaired) electrons. The van der Waals surface area contributed by atoms with Gasteiger partial charge in [0.2, 0.25) is 0 Å². The second-order valence-electron chi connectivity index (χ2n) is 3.47. The number of allylic oxidation sites excluding steroid dienone is 1. The first kappa shape index (κ1) is 9.06. The van der Waals surface area contributed by atoms with Crippen molar-refractivity contribution < 1.29 is 5.21 Å². The summed E-state index contributed by atoms with van der Waals surface area (Å²) in [4.78, 5) is 8.33. The largest absolute Gasteiger partial charge is 0.284 e. The van der Waals surface area contributed by atoms with E-state index in [1.165, 1.54) is 0 Å². The topological polar surface area (TPSA) is 48.2 Å². The molecular formula is C12H9N3O. The van der Waals surface area contributed by atoms with E-state index in [0.717, 1.165) is 21.2 Å². The second kappa shape index (κ2) is 3.43. The lowest BCUT2D eigenvalue weighted by molar-refractivity contribution is 0.294. The lowest BCUT2D eigenvalue weighted by Crippen LogP contribution is -2.33. The Morgan fingerprint density at radius 1 is 1.12 bits per heavy atom. The molecule has 16 heavy (non-hydrogen) atoms. The highest BCUT2D eigenvalue weighted by molar-refractivity contribution is 6.20. The molecule has 2 aliphatic rings. The minimum atomic E-state index is 0.678. The van der Waals surface area contributed by atoms with E-state index >= 15 is 0 Å². The van der Waals surface area contributed by atoms with Crippen LogP contribution in [0.2, 0.25) is 0 Å². The van der Waals surface area contributed by atoms with Crippen LogP contribution in [0.15, 0.2) is 40.5 Å². The van der Waals surface area contributed by atoms with Crippen LogP contribution in [0.4, 0.5) is 5.69 Å². The summed E-state index contributed by atoms with van der Waals surface area (Å²) in [6.45, 7) is 0. The Morgan fingerprint density at radius 2 is 1.94 bits per heavy atom. The van der Waals surface area contributed by atoms with Gasteiger partial charge in [-0.1, -0.05) is 18.2 Å². The van der Waals surface area contributed by atoms with Gasteiger partial charge >= 0.3 is 0 Å². The molecule has 1 N–H and O–H groups in total. The maximum Gasteiger partial charge on any atom is 0.159 e. The quantitative estimate of drug-likeness (QED) is 0.675. The van der Waals surface area contributed by atoms with E-state index in [2.05, 4.69) is 9.98 Å². The number of nitrogens with zero attached hydrogens (tertiary/aromatic N) is 3.